The van der Waals surface area contributed by atoms with Gasteiger partial charge in [0.1, 0.15) is 11.5 Å². The van der Waals surface area contributed by atoms with Crippen molar-refractivity contribution in [1.82, 2.24) is 15.1 Å². The average molecular weight is 273 g/mol. The number of halogens is 1. The van der Waals surface area contributed by atoms with E-state index in [2.05, 4.69) is 10.2 Å². The van der Waals surface area contributed by atoms with Crippen LogP contribution in [0.1, 0.15) is 35.3 Å². The quantitative estimate of drug-likeness (QED) is 0.931. The van der Waals surface area contributed by atoms with Crippen LogP contribution in [0.4, 0.5) is 4.39 Å². The van der Waals surface area contributed by atoms with Crippen LogP contribution in [-0.4, -0.2) is 27.0 Å². The minimum absolute atomic E-state index is 0.115. The summed E-state index contributed by atoms with van der Waals surface area (Å²) in [6.07, 6.45) is 4.63. The summed E-state index contributed by atoms with van der Waals surface area (Å²) in [6.45, 7) is 0.301. The number of hydrogen-bond donors (Lipinski definition) is 1. The summed E-state index contributed by atoms with van der Waals surface area (Å²) in [5, 5.41) is 6.49. The predicted octanol–water partition coefficient (Wildman–Crippen LogP) is 2.74. The number of carbonyl (C=O) groups is 1. The highest BCUT2D eigenvalue weighted by Crippen LogP contribution is 2.28. The van der Waals surface area contributed by atoms with Crippen LogP contribution in [0, 0.1) is 5.82 Å². The number of benzene rings is 1. The van der Waals surface area contributed by atoms with Gasteiger partial charge in [-0.1, -0.05) is 18.2 Å². The Morgan fingerprint density at radius 2 is 2.15 bits per heavy atom. The van der Waals surface area contributed by atoms with E-state index in [1.165, 1.54) is 6.07 Å². The fourth-order valence-electron chi connectivity index (χ4n) is 2.40. The molecule has 1 aliphatic rings. The molecule has 0 spiro atoms. The third-order valence-electron chi connectivity index (χ3n) is 3.81. The molecule has 1 saturated carbocycles. The predicted molar refractivity (Wildman–Crippen MR) is 72.5 cm³/mol. The highest BCUT2D eigenvalue weighted by molar-refractivity contribution is 5.92. The molecular weight excluding hydrogens is 257 g/mol. The van der Waals surface area contributed by atoms with E-state index in [4.69, 9.17) is 0 Å². The van der Waals surface area contributed by atoms with Crippen LogP contribution in [-0.2, 0) is 6.54 Å². The molecule has 1 aromatic carbocycles. The van der Waals surface area contributed by atoms with Gasteiger partial charge in [-0.25, -0.2) is 4.39 Å². The fraction of sp³-hybridized carbons (Fsp3) is 0.333. The van der Waals surface area contributed by atoms with Gasteiger partial charge in [-0.15, -0.1) is 0 Å². The largest absolute Gasteiger partial charge is 0.330 e. The molecule has 1 heterocycles. The molecule has 1 aromatic heterocycles. The summed E-state index contributed by atoms with van der Waals surface area (Å²) >= 11 is 0. The SMILES string of the molecule is O=C(c1ccn[nH]1)N(Cc1ccccc1F)C1CCC1. The van der Waals surface area contributed by atoms with E-state index >= 15 is 0 Å². The van der Waals surface area contributed by atoms with Crippen LogP contribution < -0.4 is 0 Å². The Bertz CT molecular complexity index is 593. The van der Waals surface area contributed by atoms with Crippen molar-refractivity contribution in [3.8, 4) is 0 Å². The first kappa shape index (κ1) is 12.8. The third kappa shape index (κ3) is 2.43. The van der Waals surface area contributed by atoms with Crippen molar-refractivity contribution >= 4 is 5.91 Å². The van der Waals surface area contributed by atoms with Gasteiger partial charge in [0.2, 0.25) is 0 Å². The maximum absolute atomic E-state index is 13.8. The standard InChI is InChI=1S/C15H16FN3O/c16-13-7-2-1-4-11(13)10-19(12-5-3-6-12)15(20)14-8-9-17-18-14/h1-2,4,7-9,12H,3,5-6,10H2,(H,17,18). The number of aromatic nitrogens is 2. The smallest absolute Gasteiger partial charge is 0.272 e. The molecule has 1 aliphatic carbocycles. The summed E-state index contributed by atoms with van der Waals surface area (Å²) in [5.74, 6) is -0.385. The van der Waals surface area contributed by atoms with Gasteiger partial charge in [0.15, 0.2) is 0 Å². The van der Waals surface area contributed by atoms with Crippen LogP contribution >= 0.6 is 0 Å². The van der Waals surface area contributed by atoms with Gasteiger partial charge in [0.05, 0.1) is 0 Å². The summed E-state index contributed by atoms with van der Waals surface area (Å²) < 4.78 is 13.8. The van der Waals surface area contributed by atoms with Crippen molar-refractivity contribution < 1.29 is 9.18 Å². The van der Waals surface area contributed by atoms with E-state index in [1.807, 2.05) is 0 Å². The molecule has 104 valence electrons. The third-order valence-corrected chi connectivity index (χ3v) is 3.81. The van der Waals surface area contributed by atoms with E-state index in [0.717, 1.165) is 19.3 Å². The van der Waals surface area contributed by atoms with Gasteiger partial charge in [-0.2, -0.15) is 5.10 Å². The molecular formula is C15H16FN3O. The molecule has 20 heavy (non-hydrogen) atoms. The van der Waals surface area contributed by atoms with Crippen LogP contribution in [0.2, 0.25) is 0 Å². The molecule has 3 rings (SSSR count). The molecule has 1 fully saturated rings. The van der Waals surface area contributed by atoms with E-state index in [-0.39, 0.29) is 17.8 Å². The molecule has 5 heteroatoms. The number of rotatable bonds is 4. The number of hydrogen-bond acceptors (Lipinski definition) is 2. The lowest BCUT2D eigenvalue weighted by Crippen LogP contribution is -2.44. The Morgan fingerprint density at radius 3 is 2.75 bits per heavy atom. The topological polar surface area (TPSA) is 49.0 Å². The normalized spacial score (nSPS) is 14.8. The monoisotopic (exact) mass is 273 g/mol. The molecule has 4 nitrogen and oxygen atoms in total. The van der Waals surface area contributed by atoms with E-state index in [9.17, 15) is 9.18 Å². The summed E-state index contributed by atoms with van der Waals surface area (Å²) in [5.41, 5.74) is 1.00. The maximum atomic E-state index is 13.8. The second kappa shape index (κ2) is 5.45. The number of aromatic amines is 1. The van der Waals surface area contributed by atoms with Crippen molar-refractivity contribution in [2.75, 3.05) is 0 Å². The molecule has 2 aromatic rings. The lowest BCUT2D eigenvalue weighted by Gasteiger charge is -2.37. The first-order chi connectivity index (χ1) is 9.75. The zero-order valence-corrected chi connectivity index (χ0v) is 11.1. The van der Waals surface area contributed by atoms with Crippen LogP contribution in [0.5, 0.6) is 0 Å². The van der Waals surface area contributed by atoms with Crippen molar-refractivity contribution in [3.05, 3.63) is 53.6 Å². The Labute approximate surface area is 116 Å². The second-order valence-electron chi connectivity index (χ2n) is 5.08. The van der Waals surface area contributed by atoms with Crippen molar-refractivity contribution in [2.45, 2.75) is 31.8 Å². The number of H-pyrrole nitrogens is 1. The minimum atomic E-state index is -0.269. The van der Waals surface area contributed by atoms with Gasteiger partial charge in [0.25, 0.3) is 5.91 Å². The number of carbonyl (C=O) groups excluding carboxylic acids is 1. The zero-order chi connectivity index (χ0) is 13.9. The summed E-state index contributed by atoms with van der Waals surface area (Å²) in [4.78, 5) is 14.2. The van der Waals surface area contributed by atoms with Gasteiger partial charge in [-0.05, 0) is 31.4 Å². The molecule has 0 bridgehead atoms. The van der Waals surface area contributed by atoms with Gasteiger partial charge in [0, 0.05) is 24.3 Å². The molecule has 1 amide bonds. The summed E-state index contributed by atoms with van der Waals surface area (Å²) in [6, 6.07) is 8.44. The van der Waals surface area contributed by atoms with Crippen molar-refractivity contribution in [3.63, 3.8) is 0 Å². The van der Waals surface area contributed by atoms with Gasteiger partial charge < -0.3 is 4.90 Å². The number of nitrogens with one attached hydrogen (secondary N) is 1. The lowest BCUT2D eigenvalue weighted by molar-refractivity contribution is 0.0548. The molecule has 1 N–H and O–H groups in total. The Kier molecular flexibility index (Phi) is 3.50. The average Bonchev–Trinajstić information content (AvgIpc) is 2.91. The van der Waals surface area contributed by atoms with E-state index < -0.39 is 0 Å². The highest BCUT2D eigenvalue weighted by Gasteiger charge is 2.30. The van der Waals surface area contributed by atoms with Crippen molar-refractivity contribution in [1.29, 1.82) is 0 Å². The van der Waals surface area contributed by atoms with E-state index in [0.29, 0.717) is 17.8 Å². The number of amides is 1. The molecule has 0 atom stereocenters. The molecule has 0 radical (unpaired) electrons. The highest BCUT2D eigenvalue weighted by atomic mass is 19.1. The molecule has 0 unspecified atom stereocenters. The molecule has 0 saturated heterocycles. The fourth-order valence-corrected chi connectivity index (χ4v) is 2.40. The van der Waals surface area contributed by atoms with E-state index in [1.54, 1.807) is 35.4 Å². The minimum Gasteiger partial charge on any atom is -0.330 e. The van der Waals surface area contributed by atoms with Crippen LogP contribution in [0.3, 0.4) is 0 Å². The molecule has 0 aliphatic heterocycles. The van der Waals surface area contributed by atoms with Crippen LogP contribution in [0.15, 0.2) is 36.5 Å². The Hall–Kier alpha value is -2.17. The van der Waals surface area contributed by atoms with Gasteiger partial charge >= 0.3 is 0 Å². The van der Waals surface area contributed by atoms with Crippen LogP contribution in [0.25, 0.3) is 0 Å². The van der Waals surface area contributed by atoms with Crippen molar-refractivity contribution in [2.24, 2.45) is 0 Å². The van der Waals surface area contributed by atoms with Gasteiger partial charge in [-0.3, -0.25) is 9.89 Å². The first-order valence-corrected chi connectivity index (χ1v) is 6.79. The Morgan fingerprint density at radius 1 is 1.35 bits per heavy atom. The maximum Gasteiger partial charge on any atom is 0.272 e. The lowest BCUT2D eigenvalue weighted by atomic mass is 9.90. The zero-order valence-electron chi connectivity index (χ0n) is 11.1. The second-order valence-corrected chi connectivity index (χ2v) is 5.08. The first-order valence-electron chi connectivity index (χ1n) is 6.79. The Balaban J connectivity index is 1.83. The summed E-state index contributed by atoms with van der Waals surface area (Å²) in [7, 11) is 0. The number of nitrogens with zero attached hydrogens (tertiary/aromatic N) is 2.